The number of aliphatic hydroxyl groups excluding tert-OH is 1. The molecule has 0 bridgehead atoms. The van der Waals surface area contributed by atoms with E-state index < -0.39 is 35.0 Å². The molecule has 0 radical (unpaired) electrons. The molecule has 29 heavy (non-hydrogen) atoms. The second-order valence-corrected chi connectivity index (χ2v) is 7.21. The number of Topliss-reactive ketones (excluding diaryl/α,β-unsaturated/α-hetero) is 1. The van der Waals surface area contributed by atoms with E-state index in [0.29, 0.717) is 11.1 Å². The van der Waals surface area contributed by atoms with E-state index in [4.69, 9.17) is 14.2 Å². The molecule has 2 unspecified atom stereocenters. The Labute approximate surface area is 168 Å². The average Bonchev–Trinajstić information content (AvgIpc) is 2.68. The monoisotopic (exact) mass is 404 g/mol. The predicted molar refractivity (Wildman–Crippen MR) is 102 cm³/mol. The van der Waals surface area contributed by atoms with Crippen molar-refractivity contribution in [1.29, 1.82) is 0 Å². The van der Waals surface area contributed by atoms with Gasteiger partial charge in [0.1, 0.15) is 18.3 Å². The van der Waals surface area contributed by atoms with Gasteiger partial charge in [0.2, 0.25) is 11.5 Å². The van der Waals surface area contributed by atoms with E-state index >= 15 is 0 Å². The second-order valence-electron chi connectivity index (χ2n) is 7.21. The maximum absolute atomic E-state index is 13.1. The number of phenolic OH excluding ortho intramolecular Hbond substituents is 2. The molecule has 0 fully saturated rings. The third-order valence-corrected chi connectivity index (χ3v) is 5.23. The van der Waals surface area contributed by atoms with Crippen LogP contribution in [0.15, 0.2) is 35.1 Å². The van der Waals surface area contributed by atoms with Crippen LogP contribution >= 0.6 is 0 Å². The van der Waals surface area contributed by atoms with Crippen LogP contribution in [0.1, 0.15) is 43.5 Å². The SMILES string of the molecule is CCCC1=CC2=C(CO1)C(=O)C(C)(OC(=O)c1ccc(O)c(O)c1OC)C(O)C2. The number of phenols is 2. The number of benzene rings is 1. The lowest BCUT2D eigenvalue weighted by atomic mass is 9.77. The van der Waals surface area contributed by atoms with Crippen LogP contribution in [-0.4, -0.2) is 52.5 Å². The lowest BCUT2D eigenvalue weighted by Gasteiger charge is -2.39. The summed E-state index contributed by atoms with van der Waals surface area (Å²) in [6, 6.07) is 2.30. The number of ketones is 1. The third kappa shape index (κ3) is 3.55. The minimum absolute atomic E-state index is 0.0587. The Bertz CT molecular complexity index is 914. The molecule has 8 nitrogen and oxygen atoms in total. The molecule has 8 heteroatoms. The van der Waals surface area contributed by atoms with Gasteiger partial charge in [0.25, 0.3) is 0 Å². The molecule has 1 aliphatic carbocycles. The van der Waals surface area contributed by atoms with Crippen LogP contribution in [0.3, 0.4) is 0 Å². The highest BCUT2D eigenvalue weighted by molar-refractivity contribution is 6.07. The molecule has 3 rings (SSSR count). The summed E-state index contributed by atoms with van der Waals surface area (Å²) in [6.07, 6.45) is 2.27. The first kappa shape index (κ1) is 20.7. The number of carbonyl (C=O) groups excluding carboxylic acids is 2. The summed E-state index contributed by atoms with van der Waals surface area (Å²) in [5.74, 6) is -2.13. The molecule has 0 saturated heterocycles. The van der Waals surface area contributed by atoms with Crippen LogP contribution in [0, 0.1) is 0 Å². The van der Waals surface area contributed by atoms with Crippen molar-refractivity contribution in [1.82, 2.24) is 0 Å². The Morgan fingerprint density at radius 1 is 1.34 bits per heavy atom. The van der Waals surface area contributed by atoms with Crippen molar-refractivity contribution in [2.45, 2.75) is 44.8 Å². The molecule has 0 spiro atoms. The van der Waals surface area contributed by atoms with Gasteiger partial charge in [-0.25, -0.2) is 4.79 Å². The van der Waals surface area contributed by atoms with E-state index in [0.717, 1.165) is 24.7 Å². The maximum Gasteiger partial charge on any atom is 0.343 e. The average molecular weight is 404 g/mol. The van der Waals surface area contributed by atoms with Crippen LogP contribution < -0.4 is 4.74 Å². The molecule has 2 aliphatic rings. The van der Waals surface area contributed by atoms with Crippen LogP contribution in [0.25, 0.3) is 0 Å². The molecular weight excluding hydrogens is 380 g/mol. The van der Waals surface area contributed by atoms with E-state index in [-0.39, 0.29) is 24.3 Å². The Hall–Kier alpha value is -3.00. The Kier molecular flexibility index (Phi) is 5.57. The van der Waals surface area contributed by atoms with Gasteiger partial charge < -0.3 is 29.5 Å². The maximum atomic E-state index is 13.1. The summed E-state index contributed by atoms with van der Waals surface area (Å²) < 4.78 is 16.0. The van der Waals surface area contributed by atoms with Crippen molar-refractivity contribution in [2.24, 2.45) is 0 Å². The van der Waals surface area contributed by atoms with Gasteiger partial charge in [-0.3, -0.25) is 4.79 Å². The standard InChI is InChI=1S/C21H24O8/c1-4-5-12-8-11-9-16(23)21(2,19(25)14(11)10-28-12)29-20(26)13-6-7-15(22)17(24)18(13)27-3/h6-8,16,22-24H,4-5,9-10H2,1-3H3. The number of allylic oxidation sites excluding steroid dienone is 2. The highest BCUT2D eigenvalue weighted by atomic mass is 16.6. The number of rotatable bonds is 5. The second kappa shape index (κ2) is 7.79. The number of methoxy groups -OCH3 is 1. The molecule has 0 amide bonds. The third-order valence-electron chi connectivity index (χ3n) is 5.23. The lowest BCUT2D eigenvalue weighted by Crippen LogP contribution is -2.54. The van der Waals surface area contributed by atoms with Crippen LogP contribution in [0.5, 0.6) is 17.2 Å². The molecule has 0 saturated carbocycles. The van der Waals surface area contributed by atoms with Gasteiger partial charge in [-0.15, -0.1) is 0 Å². The fourth-order valence-electron chi connectivity index (χ4n) is 3.51. The zero-order valence-corrected chi connectivity index (χ0v) is 16.5. The topological polar surface area (TPSA) is 123 Å². The summed E-state index contributed by atoms with van der Waals surface area (Å²) >= 11 is 0. The fraction of sp³-hybridized carbons (Fsp3) is 0.429. The van der Waals surface area contributed by atoms with Crippen molar-refractivity contribution in [2.75, 3.05) is 13.7 Å². The van der Waals surface area contributed by atoms with Crippen molar-refractivity contribution in [3.8, 4) is 17.2 Å². The number of aliphatic hydroxyl groups is 1. The predicted octanol–water partition coefficient (Wildman–Crippen LogP) is 2.37. The van der Waals surface area contributed by atoms with Crippen molar-refractivity contribution >= 4 is 11.8 Å². The summed E-state index contributed by atoms with van der Waals surface area (Å²) in [4.78, 5) is 25.8. The normalized spacial score (nSPS) is 23.8. The fourth-order valence-corrected chi connectivity index (χ4v) is 3.51. The summed E-state index contributed by atoms with van der Waals surface area (Å²) in [5.41, 5.74) is -0.959. The minimum Gasteiger partial charge on any atom is -0.504 e. The van der Waals surface area contributed by atoms with Gasteiger partial charge in [-0.1, -0.05) is 6.92 Å². The molecule has 3 N–H and O–H groups in total. The Balaban J connectivity index is 1.91. The summed E-state index contributed by atoms with van der Waals surface area (Å²) in [7, 11) is 1.21. The van der Waals surface area contributed by atoms with Gasteiger partial charge in [0.05, 0.1) is 12.9 Å². The van der Waals surface area contributed by atoms with E-state index in [1.165, 1.54) is 20.1 Å². The van der Waals surface area contributed by atoms with E-state index in [1.54, 1.807) is 6.08 Å². The summed E-state index contributed by atoms with van der Waals surface area (Å²) in [6.45, 7) is 3.42. The van der Waals surface area contributed by atoms with Crippen LogP contribution in [0.4, 0.5) is 0 Å². The zero-order valence-electron chi connectivity index (χ0n) is 16.5. The number of hydrogen-bond donors (Lipinski definition) is 3. The highest BCUT2D eigenvalue weighted by Crippen LogP contribution is 2.41. The molecule has 1 aromatic rings. The molecule has 2 atom stereocenters. The molecule has 0 aromatic heterocycles. The number of ether oxygens (including phenoxy) is 3. The first-order chi connectivity index (χ1) is 13.7. The molecule has 1 aliphatic heterocycles. The van der Waals surface area contributed by atoms with Crippen molar-refractivity contribution < 1.29 is 39.1 Å². The molecular formula is C21H24O8. The van der Waals surface area contributed by atoms with Crippen LogP contribution in [-0.2, 0) is 14.3 Å². The van der Waals surface area contributed by atoms with E-state index in [1.807, 2.05) is 6.92 Å². The summed E-state index contributed by atoms with van der Waals surface area (Å²) in [5, 5.41) is 30.1. The number of hydrogen-bond acceptors (Lipinski definition) is 8. The minimum atomic E-state index is -1.83. The molecule has 1 aromatic carbocycles. The van der Waals surface area contributed by atoms with Gasteiger partial charge in [-0.05, 0) is 37.1 Å². The Morgan fingerprint density at radius 2 is 2.07 bits per heavy atom. The number of carbonyl (C=O) groups is 2. The first-order valence-corrected chi connectivity index (χ1v) is 9.33. The zero-order chi connectivity index (χ0) is 21.3. The molecule has 156 valence electrons. The number of aromatic hydroxyl groups is 2. The highest BCUT2D eigenvalue weighted by Gasteiger charge is 2.50. The molecule has 1 heterocycles. The number of esters is 1. The van der Waals surface area contributed by atoms with Gasteiger partial charge in [-0.2, -0.15) is 0 Å². The van der Waals surface area contributed by atoms with Crippen LogP contribution in [0.2, 0.25) is 0 Å². The van der Waals surface area contributed by atoms with Crippen molar-refractivity contribution in [3.05, 3.63) is 40.7 Å². The quantitative estimate of drug-likeness (QED) is 0.505. The Morgan fingerprint density at radius 3 is 2.72 bits per heavy atom. The lowest BCUT2D eigenvalue weighted by molar-refractivity contribution is -0.147. The van der Waals surface area contributed by atoms with Gasteiger partial charge in [0, 0.05) is 18.4 Å². The van der Waals surface area contributed by atoms with E-state index in [2.05, 4.69) is 0 Å². The smallest absolute Gasteiger partial charge is 0.343 e. The van der Waals surface area contributed by atoms with Gasteiger partial charge in [0.15, 0.2) is 17.1 Å². The van der Waals surface area contributed by atoms with Gasteiger partial charge >= 0.3 is 5.97 Å². The first-order valence-electron chi connectivity index (χ1n) is 9.33. The largest absolute Gasteiger partial charge is 0.504 e. The van der Waals surface area contributed by atoms with Crippen molar-refractivity contribution in [3.63, 3.8) is 0 Å². The van der Waals surface area contributed by atoms with E-state index in [9.17, 15) is 24.9 Å².